The zero-order chi connectivity index (χ0) is 57.6. The van der Waals surface area contributed by atoms with Crippen molar-refractivity contribution >= 4 is 0 Å². The van der Waals surface area contributed by atoms with Crippen molar-refractivity contribution < 1.29 is 0 Å². The van der Waals surface area contributed by atoms with E-state index in [0.29, 0.717) is 16.2 Å². The van der Waals surface area contributed by atoms with Gasteiger partial charge < -0.3 is 0 Å². The van der Waals surface area contributed by atoms with Crippen LogP contribution in [-0.4, -0.2) is 0 Å². The van der Waals surface area contributed by atoms with Crippen LogP contribution in [0.1, 0.15) is 386 Å². The summed E-state index contributed by atoms with van der Waals surface area (Å²) in [4.78, 5) is 0. The Labute approximate surface area is 500 Å². The monoisotopic (exact) mass is 1100 g/mol. The third kappa shape index (κ3) is 24.9. The molecule has 0 aromatic rings. The molecule has 0 heterocycles. The van der Waals surface area contributed by atoms with Crippen LogP contribution in [0.15, 0.2) is 0 Å². The summed E-state index contributed by atoms with van der Waals surface area (Å²) in [5, 5.41) is 0. The second-order valence-corrected chi connectivity index (χ2v) is 29.7. The topological polar surface area (TPSA) is 0 Å². The molecular formula is C78H160. The zero-order valence-electron chi connectivity index (χ0n) is 57.6. The van der Waals surface area contributed by atoms with Crippen molar-refractivity contribution in [1.82, 2.24) is 0 Å². The Hall–Kier alpha value is 0. The van der Waals surface area contributed by atoms with E-state index in [9.17, 15) is 0 Å². The summed E-state index contributed by atoms with van der Waals surface area (Å²) in [5.41, 5.74) is 1.88. The number of hydrogen-bond donors (Lipinski definition) is 0. The smallest absolute Gasteiger partial charge is 0.0318 e. The fourth-order valence-electron chi connectivity index (χ4n) is 14.4. The van der Waals surface area contributed by atoms with Crippen LogP contribution in [0.3, 0.4) is 0 Å². The van der Waals surface area contributed by atoms with Crippen molar-refractivity contribution in [2.75, 3.05) is 0 Å². The molecule has 0 heteroatoms. The first-order valence-corrected chi connectivity index (χ1v) is 36.2. The van der Waals surface area contributed by atoms with Crippen molar-refractivity contribution in [3.05, 3.63) is 0 Å². The Balaban J connectivity index is 0. The molecule has 8 rings (SSSR count). The van der Waals surface area contributed by atoms with Gasteiger partial charge in [-0.2, -0.15) is 0 Å². The van der Waals surface area contributed by atoms with E-state index in [1.807, 2.05) is 0 Å². The van der Waals surface area contributed by atoms with Gasteiger partial charge in [0.15, 0.2) is 0 Å². The highest BCUT2D eigenvalue weighted by atomic mass is 14.6. The van der Waals surface area contributed by atoms with Crippen LogP contribution in [-0.2, 0) is 0 Å². The van der Waals surface area contributed by atoms with Gasteiger partial charge in [0.25, 0.3) is 0 Å². The van der Waals surface area contributed by atoms with Crippen molar-refractivity contribution in [3.8, 4) is 0 Å². The first-order chi connectivity index (χ1) is 36.2. The molecule has 0 nitrogen and oxygen atoms in total. The minimum absolute atomic E-state index is 0. The highest BCUT2D eigenvalue weighted by Gasteiger charge is 2.59. The molecule has 472 valence electrons. The van der Waals surface area contributed by atoms with E-state index < -0.39 is 0 Å². The second kappa shape index (κ2) is 42.7. The summed E-state index contributed by atoms with van der Waals surface area (Å²) < 4.78 is 0. The summed E-state index contributed by atoms with van der Waals surface area (Å²) >= 11 is 0. The van der Waals surface area contributed by atoms with Gasteiger partial charge in [-0.05, 0) is 117 Å². The predicted molar refractivity (Wildman–Crippen MR) is 363 cm³/mol. The summed E-state index contributed by atoms with van der Waals surface area (Å²) in [6.07, 6.45) is 48.1. The third-order valence-electron chi connectivity index (χ3n) is 26.2. The molecule has 8 saturated carbocycles. The molecule has 0 saturated heterocycles. The zero-order valence-corrected chi connectivity index (χ0v) is 57.6. The fraction of sp³-hybridized carbons (Fsp3) is 1.00. The standard InChI is InChI=1S/2C17H28.3C8H18.3C6H14.2CH4/c2*1-11-15(12-5-2-6-12)17(14-9-4-10-14)16(11)13-7-3-8-13;3*1-5-8(4,6-2)7-3;3*1-4-6(3)5-2;;/h2*11-17H,2-10H2,1H3;3*5-7H2,1-4H3;3*6H,4-5H2,1-3H3;2*1H4. The molecule has 0 aromatic heterocycles. The lowest BCUT2D eigenvalue weighted by Gasteiger charge is -2.64. The van der Waals surface area contributed by atoms with Crippen LogP contribution in [0, 0.1) is 117 Å². The minimum atomic E-state index is 0. The molecule has 8 aliphatic rings. The first kappa shape index (κ1) is 80.1. The van der Waals surface area contributed by atoms with E-state index in [-0.39, 0.29) is 14.9 Å². The van der Waals surface area contributed by atoms with Crippen molar-refractivity contribution in [3.63, 3.8) is 0 Å². The Morgan fingerprint density at radius 2 is 0.385 bits per heavy atom. The average Bonchev–Trinajstić information content (AvgIpc) is 3.38. The van der Waals surface area contributed by atoms with Gasteiger partial charge in [-0.1, -0.05) is 386 Å². The van der Waals surface area contributed by atoms with Crippen LogP contribution < -0.4 is 0 Å². The Morgan fingerprint density at radius 3 is 0.449 bits per heavy atom. The Morgan fingerprint density at radius 1 is 0.256 bits per heavy atom. The van der Waals surface area contributed by atoms with Crippen molar-refractivity contribution in [1.29, 1.82) is 0 Å². The van der Waals surface area contributed by atoms with Crippen LogP contribution in [0.5, 0.6) is 0 Å². The molecule has 0 spiro atoms. The van der Waals surface area contributed by atoms with Gasteiger partial charge >= 0.3 is 0 Å². The molecule has 0 bridgehead atoms. The summed E-state index contributed by atoms with van der Waals surface area (Å²) in [6, 6.07) is 0. The third-order valence-corrected chi connectivity index (χ3v) is 26.2. The maximum atomic E-state index is 2.61. The Bertz CT molecular complexity index is 1110. The number of hydrogen-bond acceptors (Lipinski definition) is 0. The molecule has 78 heavy (non-hydrogen) atoms. The Kier molecular flexibility index (Phi) is 43.9. The lowest BCUT2D eigenvalue weighted by atomic mass is 9.41. The van der Waals surface area contributed by atoms with E-state index in [4.69, 9.17) is 0 Å². The summed E-state index contributed by atoms with van der Waals surface area (Å²) in [6.45, 7) is 52.9. The number of rotatable bonds is 21. The molecule has 4 atom stereocenters. The van der Waals surface area contributed by atoms with Gasteiger partial charge in [0.1, 0.15) is 0 Å². The molecule has 0 N–H and O–H groups in total. The van der Waals surface area contributed by atoms with E-state index in [1.54, 1.807) is 116 Å². The van der Waals surface area contributed by atoms with E-state index in [2.05, 4.69) is 159 Å². The molecule has 8 aliphatic carbocycles. The quantitative estimate of drug-likeness (QED) is 0.107. The summed E-state index contributed by atoms with van der Waals surface area (Å²) in [5.74, 6) is 19.0. The molecule has 0 radical (unpaired) electrons. The van der Waals surface area contributed by atoms with Crippen LogP contribution in [0.25, 0.3) is 0 Å². The normalized spacial score (nSPS) is 26.8. The fourth-order valence-corrected chi connectivity index (χ4v) is 14.4. The van der Waals surface area contributed by atoms with Gasteiger partial charge in [0, 0.05) is 0 Å². The van der Waals surface area contributed by atoms with E-state index in [1.165, 1.54) is 144 Å². The van der Waals surface area contributed by atoms with Crippen molar-refractivity contribution in [2.45, 2.75) is 386 Å². The molecular weight excluding hydrogens is 937 g/mol. The summed E-state index contributed by atoms with van der Waals surface area (Å²) in [7, 11) is 0. The van der Waals surface area contributed by atoms with E-state index >= 15 is 0 Å². The molecule has 0 aromatic carbocycles. The minimum Gasteiger partial charge on any atom is -0.0776 e. The molecule has 8 fully saturated rings. The van der Waals surface area contributed by atoms with Crippen molar-refractivity contribution in [2.24, 2.45) is 117 Å². The molecule has 4 unspecified atom stereocenters. The first-order valence-electron chi connectivity index (χ1n) is 36.2. The lowest BCUT2D eigenvalue weighted by Crippen LogP contribution is -2.57. The highest BCUT2D eigenvalue weighted by Crippen LogP contribution is 2.66. The molecule has 0 aliphatic heterocycles. The second-order valence-electron chi connectivity index (χ2n) is 29.7. The van der Waals surface area contributed by atoms with Crippen LogP contribution in [0.4, 0.5) is 0 Å². The van der Waals surface area contributed by atoms with Gasteiger partial charge in [0.05, 0.1) is 0 Å². The van der Waals surface area contributed by atoms with Gasteiger partial charge in [0.2, 0.25) is 0 Å². The molecule has 0 amide bonds. The largest absolute Gasteiger partial charge is 0.0776 e. The SMILES string of the molecule is C.C.CC1C(C2CCC2)C(C2CCC2)C1C1CCC1.CC1C(C2CCC2)C(C2CCC2)C1C1CCC1.CCC(C)(CC)CC.CCC(C)(CC)CC.CCC(C)(CC)CC.CCC(C)CC.CCC(C)CC.CCC(C)CC. The van der Waals surface area contributed by atoms with Gasteiger partial charge in [-0.3, -0.25) is 0 Å². The van der Waals surface area contributed by atoms with Crippen LogP contribution >= 0.6 is 0 Å². The highest BCUT2D eigenvalue weighted by molar-refractivity contribution is 5.07. The maximum Gasteiger partial charge on any atom is -0.0318 e. The maximum absolute atomic E-state index is 2.61. The van der Waals surface area contributed by atoms with Crippen LogP contribution in [0.2, 0.25) is 0 Å². The van der Waals surface area contributed by atoms with Gasteiger partial charge in [-0.15, -0.1) is 0 Å². The van der Waals surface area contributed by atoms with Gasteiger partial charge in [-0.25, -0.2) is 0 Å². The van der Waals surface area contributed by atoms with E-state index in [0.717, 1.165) is 53.3 Å². The average molecular weight is 1100 g/mol. The lowest BCUT2D eigenvalue weighted by molar-refractivity contribution is -0.153. The predicted octanol–water partition coefficient (Wildman–Crippen LogP) is 28.0.